The van der Waals surface area contributed by atoms with Gasteiger partial charge in [-0.05, 0) is 37.1 Å². The lowest BCUT2D eigenvalue weighted by atomic mass is 10.0. The van der Waals surface area contributed by atoms with E-state index in [0.29, 0.717) is 0 Å². The third-order valence-corrected chi connectivity index (χ3v) is 2.75. The van der Waals surface area contributed by atoms with Crippen LogP contribution in [0.3, 0.4) is 0 Å². The van der Waals surface area contributed by atoms with E-state index < -0.39 is 6.10 Å². The van der Waals surface area contributed by atoms with Crippen LogP contribution in [-0.2, 0) is 0 Å². The lowest BCUT2D eigenvalue weighted by Crippen LogP contribution is -2.15. The van der Waals surface area contributed by atoms with Gasteiger partial charge in [-0.3, -0.25) is 0 Å². The Hall–Kier alpha value is -2.11. The van der Waals surface area contributed by atoms with Crippen LogP contribution in [0.15, 0.2) is 24.4 Å². The van der Waals surface area contributed by atoms with Crippen molar-refractivity contribution in [3.05, 3.63) is 41.3 Å². The minimum absolute atomic E-state index is 0.148. The molecular formula is C15H19BFN3O. The van der Waals surface area contributed by atoms with E-state index in [9.17, 15) is 4.39 Å². The van der Waals surface area contributed by atoms with E-state index in [1.807, 2.05) is 20.8 Å². The summed E-state index contributed by atoms with van der Waals surface area (Å²) in [7, 11) is 5.53. The molecular weight excluding hydrogens is 268 g/mol. The number of hydrogen-bond donors (Lipinski definition) is 1. The van der Waals surface area contributed by atoms with Crippen molar-refractivity contribution >= 4 is 19.3 Å². The number of aromatic nitrogens is 2. The summed E-state index contributed by atoms with van der Waals surface area (Å²) in [6.45, 7) is 7.66. The Labute approximate surface area is 126 Å². The molecule has 6 heteroatoms. The van der Waals surface area contributed by atoms with Gasteiger partial charge in [-0.2, -0.15) is 0 Å². The van der Waals surface area contributed by atoms with E-state index in [1.54, 1.807) is 13.0 Å². The number of rotatable bonds is 3. The topological polar surface area (TPSA) is 61.0 Å². The van der Waals surface area contributed by atoms with Crippen LogP contribution in [-0.4, -0.2) is 17.8 Å². The average Bonchev–Trinajstić information content (AvgIpc) is 2.47. The largest absolute Gasteiger partial charge is 0.467 e. The van der Waals surface area contributed by atoms with E-state index in [-0.39, 0.29) is 23.1 Å². The fourth-order valence-corrected chi connectivity index (χ4v) is 1.76. The van der Waals surface area contributed by atoms with Crippen LogP contribution in [0.1, 0.15) is 38.0 Å². The van der Waals surface area contributed by atoms with E-state index in [4.69, 9.17) is 18.3 Å². The predicted molar refractivity (Wildman–Crippen MR) is 83.4 cm³/mol. The Morgan fingerprint density at radius 3 is 2.67 bits per heavy atom. The van der Waals surface area contributed by atoms with E-state index in [0.717, 1.165) is 11.1 Å². The molecule has 1 heterocycles. The molecule has 0 saturated carbocycles. The molecule has 1 aromatic heterocycles. The summed E-state index contributed by atoms with van der Waals surface area (Å²) in [5.41, 5.74) is 7.52. The second kappa shape index (κ2) is 7.62. The van der Waals surface area contributed by atoms with Gasteiger partial charge >= 0.3 is 0 Å². The predicted octanol–water partition coefficient (Wildman–Crippen LogP) is 2.47. The molecule has 2 aromatic rings. The van der Waals surface area contributed by atoms with E-state index in [2.05, 4.69) is 9.97 Å². The highest BCUT2D eigenvalue weighted by Gasteiger charge is 2.14. The molecule has 4 nitrogen and oxygen atoms in total. The van der Waals surface area contributed by atoms with E-state index >= 15 is 0 Å². The summed E-state index contributed by atoms with van der Waals surface area (Å²) in [6.07, 6.45) is 0.939. The van der Waals surface area contributed by atoms with Crippen molar-refractivity contribution in [3.8, 4) is 5.88 Å². The number of ether oxygens (including phenoxy) is 1. The summed E-state index contributed by atoms with van der Waals surface area (Å²) < 4.78 is 18.9. The molecule has 0 aliphatic rings. The van der Waals surface area contributed by atoms with Gasteiger partial charge < -0.3 is 10.5 Å². The van der Waals surface area contributed by atoms with Gasteiger partial charge in [-0.25, -0.2) is 14.4 Å². The first kappa shape index (κ1) is 16.9. The first-order chi connectivity index (χ1) is 9.97. The molecule has 0 spiro atoms. The van der Waals surface area contributed by atoms with Gasteiger partial charge in [0.05, 0.1) is 0 Å². The van der Waals surface area contributed by atoms with Crippen LogP contribution < -0.4 is 16.1 Å². The van der Waals surface area contributed by atoms with Crippen LogP contribution in [0.2, 0.25) is 0 Å². The fourth-order valence-electron chi connectivity index (χ4n) is 1.76. The Bertz CT molecular complexity index is 607. The van der Waals surface area contributed by atoms with Crippen molar-refractivity contribution in [1.82, 2.24) is 9.97 Å². The summed E-state index contributed by atoms with van der Waals surface area (Å²) in [6, 6.07) is 4.52. The minimum atomic E-state index is -0.408. The maximum atomic E-state index is 13.3. The number of nitrogens with two attached hydrogens (primary N) is 1. The molecule has 1 aromatic carbocycles. The summed E-state index contributed by atoms with van der Waals surface area (Å²) in [5.74, 6) is -0.0195. The number of aryl methyl sites for hydroxylation is 1. The number of hydrogen-bond acceptors (Lipinski definition) is 4. The van der Waals surface area contributed by atoms with Crippen molar-refractivity contribution < 1.29 is 9.13 Å². The fraction of sp³-hybridized carbons (Fsp3) is 0.333. The van der Waals surface area contributed by atoms with Crippen molar-refractivity contribution in [2.75, 3.05) is 5.73 Å². The lowest BCUT2D eigenvalue weighted by Gasteiger charge is -2.17. The SMILES string of the molecule is CC.[B]c1cnc(N)c(OC(C)c2cc(F)ccc2C)n1. The molecule has 2 rings (SSSR count). The normalized spacial score (nSPS) is 11.3. The van der Waals surface area contributed by atoms with Gasteiger partial charge in [-0.1, -0.05) is 19.9 Å². The first-order valence-electron chi connectivity index (χ1n) is 6.78. The summed E-state index contributed by atoms with van der Waals surface area (Å²) >= 11 is 0. The number of halogens is 1. The highest BCUT2D eigenvalue weighted by Crippen LogP contribution is 2.25. The Kier molecular flexibility index (Phi) is 6.15. The van der Waals surface area contributed by atoms with Gasteiger partial charge in [0.1, 0.15) is 19.8 Å². The first-order valence-corrected chi connectivity index (χ1v) is 6.78. The molecule has 2 N–H and O–H groups in total. The molecule has 0 fully saturated rings. The third kappa shape index (κ3) is 4.44. The number of nitrogen functional groups attached to an aromatic ring is 1. The minimum Gasteiger partial charge on any atom is -0.467 e. The zero-order valence-electron chi connectivity index (χ0n) is 12.7. The van der Waals surface area contributed by atoms with Crippen molar-refractivity contribution in [2.24, 2.45) is 0 Å². The smallest absolute Gasteiger partial charge is 0.257 e. The van der Waals surface area contributed by atoms with Gasteiger partial charge in [0, 0.05) is 11.8 Å². The zero-order valence-corrected chi connectivity index (χ0v) is 12.7. The molecule has 2 radical (unpaired) electrons. The third-order valence-electron chi connectivity index (χ3n) is 2.75. The van der Waals surface area contributed by atoms with Crippen LogP contribution in [0.4, 0.5) is 10.2 Å². The van der Waals surface area contributed by atoms with Crippen molar-refractivity contribution in [1.29, 1.82) is 0 Å². The van der Waals surface area contributed by atoms with Gasteiger partial charge in [0.2, 0.25) is 0 Å². The Balaban J connectivity index is 0.00000106. The van der Waals surface area contributed by atoms with Gasteiger partial charge in [-0.15, -0.1) is 0 Å². The van der Waals surface area contributed by atoms with Crippen LogP contribution in [0, 0.1) is 12.7 Å². The Morgan fingerprint density at radius 1 is 1.33 bits per heavy atom. The number of benzene rings is 1. The van der Waals surface area contributed by atoms with Crippen LogP contribution >= 0.6 is 0 Å². The molecule has 1 unspecified atom stereocenters. The number of nitrogens with zero attached hydrogens (tertiary/aromatic N) is 2. The average molecular weight is 287 g/mol. The molecule has 0 bridgehead atoms. The highest BCUT2D eigenvalue weighted by atomic mass is 19.1. The molecule has 0 amide bonds. The van der Waals surface area contributed by atoms with E-state index in [1.165, 1.54) is 18.3 Å². The van der Waals surface area contributed by atoms with Gasteiger partial charge in [0.15, 0.2) is 5.82 Å². The number of anilines is 1. The maximum Gasteiger partial charge on any atom is 0.257 e. The summed E-state index contributed by atoms with van der Waals surface area (Å²) in [4.78, 5) is 7.82. The molecule has 0 aliphatic carbocycles. The quantitative estimate of drug-likeness (QED) is 0.881. The molecule has 1 atom stereocenters. The second-order valence-electron chi connectivity index (χ2n) is 4.25. The maximum absolute atomic E-state index is 13.3. The lowest BCUT2D eigenvalue weighted by molar-refractivity contribution is 0.217. The molecule has 0 aliphatic heterocycles. The second-order valence-corrected chi connectivity index (χ2v) is 4.25. The summed E-state index contributed by atoms with van der Waals surface area (Å²) in [5, 5.41) is 0. The van der Waals surface area contributed by atoms with Crippen LogP contribution in [0.25, 0.3) is 0 Å². The monoisotopic (exact) mass is 287 g/mol. The standard InChI is InChI=1S/C13H13BFN3O.C2H6/c1-7-3-4-9(15)5-10(7)8(2)19-13-12(16)17-6-11(14)18-13;1-2/h3-6,8H,1-2H3,(H2,16,17);1-2H3. The zero-order chi connectivity index (χ0) is 16.0. The molecule has 110 valence electrons. The van der Waals surface area contributed by atoms with Gasteiger partial charge in [0.25, 0.3) is 5.88 Å². The highest BCUT2D eigenvalue weighted by molar-refractivity contribution is 6.30. The molecule has 0 saturated heterocycles. The molecule has 21 heavy (non-hydrogen) atoms. The van der Waals surface area contributed by atoms with Crippen molar-refractivity contribution in [2.45, 2.75) is 33.8 Å². The van der Waals surface area contributed by atoms with Crippen LogP contribution in [0.5, 0.6) is 5.88 Å². The Morgan fingerprint density at radius 2 is 2.00 bits per heavy atom. The van der Waals surface area contributed by atoms with Crippen molar-refractivity contribution in [3.63, 3.8) is 0 Å².